The van der Waals surface area contributed by atoms with Gasteiger partial charge in [-0.1, -0.05) is 0 Å². The molecular formula is C9H12N2. The molecule has 0 aromatic carbocycles. The Bertz CT molecular complexity index is 270. The zero-order chi connectivity index (χ0) is 7.84. The largest absolute Gasteiger partial charge is 0.327 e. The topological polar surface area (TPSA) is 38.9 Å². The molecule has 1 heterocycles. The molecule has 0 saturated heterocycles. The average Bonchev–Trinajstić information content (AvgIpc) is 2.68. The van der Waals surface area contributed by atoms with Gasteiger partial charge in [-0.05, 0) is 30.5 Å². The van der Waals surface area contributed by atoms with Gasteiger partial charge in [0, 0.05) is 24.4 Å². The molecule has 1 saturated carbocycles. The first-order chi connectivity index (χ1) is 5.29. The molecule has 2 N–H and O–H groups in total. The summed E-state index contributed by atoms with van der Waals surface area (Å²) < 4.78 is 0. The molecule has 2 rings (SSSR count). The third-order valence-electron chi connectivity index (χ3n) is 2.30. The lowest BCUT2D eigenvalue weighted by molar-refractivity contribution is 0.973. The van der Waals surface area contributed by atoms with Gasteiger partial charge in [-0.15, -0.1) is 0 Å². The van der Waals surface area contributed by atoms with Crippen LogP contribution >= 0.6 is 0 Å². The fraction of sp³-hybridized carbons (Fsp3) is 0.444. The summed E-state index contributed by atoms with van der Waals surface area (Å²) in [4.78, 5) is 4.04. The van der Waals surface area contributed by atoms with Crippen LogP contribution in [-0.4, -0.2) is 11.0 Å². The molecule has 1 aromatic heterocycles. The number of rotatable bonds is 1. The fourth-order valence-corrected chi connectivity index (χ4v) is 1.47. The summed E-state index contributed by atoms with van der Waals surface area (Å²) in [5.74, 6) is 0.609. The van der Waals surface area contributed by atoms with Crippen LogP contribution in [0, 0.1) is 6.92 Å². The van der Waals surface area contributed by atoms with Gasteiger partial charge in [-0.25, -0.2) is 0 Å². The Morgan fingerprint density at radius 3 is 2.91 bits per heavy atom. The number of nitrogens with zero attached hydrogens (tertiary/aromatic N) is 1. The molecular weight excluding hydrogens is 136 g/mol. The SMILES string of the molecule is Cc1cnccc1[C@@H]1C[C@H]1N. The summed E-state index contributed by atoms with van der Waals surface area (Å²) in [7, 11) is 0. The molecule has 1 aliphatic carbocycles. The van der Waals surface area contributed by atoms with E-state index >= 15 is 0 Å². The Morgan fingerprint density at radius 1 is 1.64 bits per heavy atom. The third kappa shape index (κ3) is 1.14. The maximum Gasteiger partial charge on any atom is 0.0299 e. The maximum atomic E-state index is 5.75. The van der Waals surface area contributed by atoms with E-state index in [9.17, 15) is 0 Å². The number of hydrogen-bond donors (Lipinski definition) is 1. The molecule has 1 aliphatic rings. The molecule has 0 amide bonds. The van der Waals surface area contributed by atoms with Gasteiger partial charge in [0.25, 0.3) is 0 Å². The van der Waals surface area contributed by atoms with Crippen LogP contribution in [0.25, 0.3) is 0 Å². The minimum atomic E-state index is 0.399. The first-order valence-corrected chi connectivity index (χ1v) is 3.95. The van der Waals surface area contributed by atoms with Gasteiger partial charge < -0.3 is 5.73 Å². The van der Waals surface area contributed by atoms with E-state index < -0.39 is 0 Å². The van der Waals surface area contributed by atoms with Crippen molar-refractivity contribution in [1.29, 1.82) is 0 Å². The van der Waals surface area contributed by atoms with Gasteiger partial charge in [0.1, 0.15) is 0 Å². The monoisotopic (exact) mass is 148 g/mol. The molecule has 11 heavy (non-hydrogen) atoms. The van der Waals surface area contributed by atoms with Gasteiger partial charge in [-0.3, -0.25) is 4.98 Å². The second-order valence-corrected chi connectivity index (χ2v) is 3.24. The van der Waals surface area contributed by atoms with E-state index in [4.69, 9.17) is 5.73 Å². The number of aryl methyl sites for hydroxylation is 1. The summed E-state index contributed by atoms with van der Waals surface area (Å²) >= 11 is 0. The van der Waals surface area contributed by atoms with Crippen LogP contribution in [-0.2, 0) is 0 Å². The van der Waals surface area contributed by atoms with Gasteiger partial charge in [0.2, 0.25) is 0 Å². The van der Waals surface area contributed by atoms with Crippen molar-refractivity contribution >= 4 is 0 Å². The predicted molar refractivity (Wildman–Crippen MR) is 44.3 cm³/mol. The van der Waals surface area contributed by atoms with Gasteiger partial charge in [0.05, 0.1) is 0 Å². The van der Waals surface area contributed by atoms with Crippen molar-refractivity contribution in [3.63, 3.8) is 0 Å². The molecule has 0 unspecified atom stereocenters. The Labute approximate surface area is 66.4 Å². The number of pyridine rings is 1. The van der Waals surface area contributed by atoms with E-state index in [2.05, 4.69) is 18.0 Å². The summed E-state index contributed by atoms with van der Waals surface area (Å²) in [6.45, 7) is 2.09. The van der Waals surface area contributed by atoms with Crippen LogP contribution < -0.4 is 5.73 Å². The Balaban J connectivity index is 2.31. The number of hydrogen-bond acceptors (Lipinski definition) is 2. The molecule has 0 bridgehead atoms. The van der Waals surface area contributed by atoms with Crippen LogP contribution in [0.3, 0.4) is 0 Å². The first kappa shape index (κ1) is 6.80. The van der Waals surface area contributed by atoms with E-state index in [1.807, 2.05) is 12.4 Å². The van der Waals surface area contributed by atoms with Gasteiger partial charge in [-0.2, -0.15) is 0 Å². The zero-order valence-electron chi connectivity index (χ0n) is 6.62. The van der Waals surface area contributed by atoms with Crippen molar-refractivity contribution < 1.29 is 0 Å². The molecule has 1 fully saturated rings. The second kappa shape index (κ2) is 2.31. The van der Waals surface area contributed by atoms with E-state index in [1.165, 1.54) is 11.1 Å². The normalized spacial score (nSPS) is 28.5. The minimum absolute atomic E-state index is 0.399. The van der Waals surface area contributed by atoms with Crippen molar-refractivity contribution in [2.24, 2.45) is 5.73 Å². The first-order valence-electron chi connectivity index (χ1n) is 3.95. The lowest BCUT2D eigenvalue weighted by Crippen LogP contribution is -2.01. The van der Waals surface area contributed by atoms with E-state index in [-0.39, 0.29) is 0 Å². The number of aromatic nitrogens is 1. The molecule has 2 nitrogen and oxygen atoms in total. The van der Waals surface area contributed by atoms with Crippen LogP contribution in [0.5, 0.6) is 0 Å². The van der Waals surface area contributed by atoms with Crippen LogP contribution in [0.4, 0.5) is 0 Å². The van der Waals surface area contributed by atoms with E-state index in [0.29, 0.717) is 12.0 Å². The second-order valence-electron chi connectivity index (χ2n) is 3.24. The minimum Gasteiger partial charge on any atom is -0.327 e. The zero-order valence-corrected chi connectivity index (χ0v) is 6.62. The lowest BCUT2D eigenvalue weighted by Gasteiger charge is -2.01. The van der Waals surface area contributed by atoms with E-state index in [1.54, 1.807) is 0 Å². The molecule has 0 radical (unpaired) electrons. The van der Waals surface area contributed by atoms with Crippen molar-refractivity contribution in [2.75, 3.05) is 0 Å². The summed E-state index contributed by atoms with van der Waals surface area (Å²) in [6.07, 6.45) is 4.89. The highest BCUT2D eigenvalue weighted by Gasteiger charge is 2.35. The smallest absolute Gasteiger partial charge is 0.0299 e. The Hall–Kier alpha value is -0.890. The Morgan fingerprint density at radius 2 is 2.36 bits per heavy atom. The van der Waals surface area contributed by atoms with Crippen molar-refractivity contribution in [3.8, 4) is 0 Å². The molecule has 0 aliphatic heterocycles. The summed E-state index contributed by atoms with van der Waals surface area (Å²) in [5, 5.41) is 0. The van der Waals surface area contributed by atoms with Crippen LogP contribution in [0.1, 0.15) is 23.5 Å². The van der Waals surface area contributed by atoms with Crippen LogP contribution in [0.15, 0.2) is 18.5 Å². The van der Waals surface area contributed by atoms with Gasteiger partial charge >= 0.3 is 0 Å². The summed E-state index contributed by atoms with van der Waals surface area (Å²) in [5.41, 5.74) is 8.40. The average molecular weight is 148 g/mol. The lowest BCUT2D eigenvalue weighted by atomic mass is 10.1. The number of nitrogens with two attached hydrogens (primary N) is 1. The molecule has 2 heteroatoms. The molecule has 0 spiro atoms. The van der Waals surface area contributed by atoms with Crippen molar-refractivity contribution in [3.05, 3.63) is 29.6 Å². The fourth-order valence-electron chi connectivity index (χ4n) is 1.47. The summed E-state index contributed by atoms with van der Waals surface area (Å²) in [6, 6.07) is 2.48. The quantitative estimate of drug-likeness (QED) is 0.650. The van der Waals surface area contributed by atoms with Crippen molar-refractivity contribution in [1.82, 2.24) is 4.98 Å². The van der Waals surface area contributed by atoms with Crippen LogP contribution in [0.2, 0.25) is 0 Å². The molecule has 58 valence electrons. The highest BCUT2D eigenvalue weighted by atomic mass is 14.7. The molecule has 2 atom stereocenters. The predicted octanol–water partition coefficient (Wildman–Crippen LogP) is 1.20. The van der Waals surface area contributed by atoms with E-state index in [0.717, 1.165) is 6.42 Å². The highest BCUT2D eigenvalue weighted by molar-refractivity contribution is 5.32. The molecule has 1 aromatic rings. The standard InChI is InChI=1S/C9H12N2/c1-6-5-11-3-2-7(6)8-4-9(8)10/h2-3,5,8-9H,4,10H2,1H3/t8-,9+/m0/s1. The third-order valence-corrected chi connectivity index (χ3v) is 2.30. The maximum absolute atomic E-state index is 5.75. The van der Waals surface area contributed by atoms with Crippen molar-refractivity contribution in [2.45, 2.75) is 25.3 Å². The Kier molecular flexibility index (Phi) is 1.43. The van der Waals surface area contributed by atoms with Gasteiger partial charge in [0.15, 0.2) is 0 Å². The highest BCUT2D eigenvalue weighted by Crippen LogP contribution is 2.39.